The van der Waals surface area contributed by atoms with Gasteiger partial charge in [0.2, 0.25) is 0 Å². The second-order valence-electron chi connectivity index (χ2n) is 5.21. The van der Waals surface area contributed by atoms with E-state index in [1.165, 1.54) is 37.5 Å². The second-order valence-corrected chi connectivity index (χ2v) is 5.62. The van der Waals surface area contributed by atoms with Gasteiger partial charge < -0.3 is 15.7 Å². The highest BCUT2D eigenvalue weighted by Crippen LogP contribution is 2.21. The molecule has 1 aliphatic rings. The van der Waals surface area contributed by atoms with Crippen molar-refractivity contribution in [2.24, 2.45) is 0 Å². The zero-order chi connectivity index (χ0) is 15.2. The lowest BCUT2D eigenvalue weighted by molar-refractivity contribution is -0.385. The first-order valence-electron chi connectivity index (χ1n) is 7.05. The van der Waals surface area contributed by atoms with E-state index < -0.39 is 4.92 Å². The Morgan fingerprint density at radius 2 is 2.05 bits per heavy atom. The van der Waals surface area contributed by atoms with Crippen LogP contribution in [0.5, 0.6) is 5.75 Å². The number of hydrogen-bond acceptors (Lipinski definition) is 4. The molecule has 0 radical (unpaired) electrons. The minimum absolute atomic E-state index is 0.0856. The van der Waals surface area contributed by atoms with Crippen molar-refractivity contribution < 1.29 is 10.0 Å². The molecule has 0 bridgehead atoms. The number of rotatable bonds is 4. The molecule has 0 aliphatic heterocycles. The van der Waals surface area contributed by atoms with Crippen molar-refractivity contribution in [1.29, 1.82) is 0 Å². The van der Waals surface area contributed by atoms with Crippen molar-refractivity contribution in [3.8, 4) is 5.75 Å². The van der Waals surface area contributed by atoms with E-state index in [4.69, 9.17) is 12.2 Å². The molecule has 0 amide bonds. The second kappa shape index (κ2) is 7.21. The van der Waals surface area contributed by atoms with Gasteiger partial charge in [-0.05, 0) is 30.6 Å². The normalized spacial score (nSPS) is 15.4. The van der Waals surface area contributed by atoms with Crippen LogP contribution in [0.3, 0.4) is 0 Å². The Hall–Kier alpha value is -1.89. The first-order chi connectivity index (χ1) is 10.1. The van der Waals surface area contributed by atoms with Crippen LogP contribution in [0, 0.1) is 10.1 Å². The fraction of sp³-hybridized carbons (Fsp3) is 0.500. The number of thiocarbonyl (C=S) groups is 1. The average molecular weight is 308 g/mol. The van der Waals surface area contributed by atoms with Crippen molar-refractivity contribution in [1.82, 2.24) is 10.6 Å². The van der Waals surface area contributed by atoms with Gasteiger partial charge in [-0.15, -0.1) is 5.75 Å². The summed E-state index contributed by atoms with van der Waals surface area (Å²) in [6, 6.07) is 4.10. The predicted molar refractivity (Wildman–Crippen MR) is 82.0 cm³/mol. The number of nitrogens with one attached hydrogen (secondary N) is 2. The number of nitro groups is 1. The number of nitro benzene ring substituents is 1. The molecule has 2 rings (SSSR count). The maximum atomic E-state index is 11.7. The molecule has 1 saturated carbocycles. The van der Waals surface area contributed by atoms with E-state index in [0.717, 1.165) is 12.8 Å². The maximum absolute atomic E-state index is 11.7. The van der Waals surface area contributed by atoms with Gasteiger partial charge in [-0.1, -0.05) is 25.3 Å². The monoisotopic (exact) mass is 308 g/mol. The number of nitrogens with zero attached hydrogens (tertiary/aromatic N) is 1. The first kappa shape index (κ1) is 15.5. The Morgan fingerprint density at radius 3 is 2.71 bits per heavy atom. The van der Waals surface area contributed by atoms with Gasteiger partial charge >= 0.3 is 0 Å². The minimum atomic E-state index is -0.512. The first-order valence-corrected chi connectivity index (χ1v) is 7.46. The molecular weight excluding hydrogens is 290 g/mol. The van der Waals surface area contributed by atoms with E-state index in [1.807, 2.05) is 0 Å². The third kappa shape index (κ3) is 4.56. The molecule has 1 aliphatic carbocycles. The summed E-state index contributed by atoms with van der Waals surface area (Å²) in [6.45, 7) is 0.194. The summed E-state index contributed by atoms with van der Waals surface area (Å²) < 4.78 is 0. The quantitative estimate of drug-likeness (QED) is 0.502. The molecule has 21 heavy (non-hydrogen) atoms. The predicted octanol–water partition coefficient (Wildman–Crippen LogP) is 1.97. The molecule has 1 aromatic rings. The van der Waals surface area contributed by atoms with Crippen molar-refractivity contribution in [3.63, 3.8) is 0 Å². The Kier molecular flexibility index (Phi) is 5.32. The van der Waals surface area contributed by atoms with Crippen LogP contribution in [-0.4, -0.2) is 16.1 Å². The van der Waals surface area contributed by atoms with Crippen LogP contribution in [0.15, 0.2) is 18.2 Å². The number of non-ortho nitro benzene ring substituents is 1. The molecule has 0 heterocycles. The fourth-order valence-corrected chi connectivity index (χ4v) is 2.72. The summed E-state index contributed by atoms with van der Waals surface area (Å²) in [6.07, 6.45) is 5.88. The Morgan fingerprint density at radius 1 is 1.33 bits per heavy atom. The molecule has 6 nitrogen and oxygen atoms in total. The van der Waals surface area contributed by atoms with E-state index in [9.17, 15) is 15.2 Å². The molecule has 2 N–H and O–H groups in total. The van der Waals surface area contributed by atoms with Gasteiger partial charge in [-0.25, -0.2) is 0 Å². The fourth-order valence-electron chi connectivity index (χ4n) is 2.48. The highest BCUT2D eigenvalue weighted by atomic mass is 32.1. The van der Waals surface area contributed by atoms with Gasteiger partial charge in [0.05, 0.1) is 4.92 Å². The van der Waals surface area contributed by atoms with Gasteiger partial charge in [0, 0.05) is 24.7 Å². The molecule has 1 aromatic carbocycles. The zero-order valence-corrected chi connectivity index (χ0v) is 12.4. The topological polar surface area (TPSA) is 90.3 Å². The van der Waals surface area contributed by atoms with Crippen LogP contribution in [0.2, 0.25) is 0 Å². The third-order valence-electron chi connectivity index (χ3n) is 3.63. The third-order valence-corrected chi connectivity index (χ3v) is 3.90. The van der Waals surface area contributed by atoms with E-state index in [1.54, 1.807) is 0 Å². The smallest absolute Gasteiger partial charge is 0.269 e. The van der Waals surface area contributed by atoms with Crippen LogP contribution < -0.4 is 15.7 Å². The molecular formula is C14H18N3O3S-. The molecule has 0 atom stereocenters. The van der Waals surface area contributed by atoms with E-state index in [0.29, 0.717) is 16.7 Å². The molecule has 0 aromatic heterocycles. The lowest BCUT2D eigenvalue weighted by Crippen LogP contribution is -2.42. The summed E-state index contributed by atoms with van der Waals surface area (Å²) in [5.41, 5.74) is 0.259. The average Bonchev–Trinajstić information content (AvgIpc) is 2.47. The Bertz CT molecular complexity index is 530. The van der Waals surface area contributed by atoms with Crippen LogP contribution in [-0.2, 0) is 6.54 Å². The van der Waals surface area contributed by atoms with Crippen molar-refractivity contribution in [3.05, 3.63) is 33.9 Å². The molecule has 7 heteroatoms. The highest BCUT2D eigenvalue weighted by molar-refractivity contribution is 7.80. The summed E-state index contributed by atoms with van der Waals surface area (Å²) in [5.74, 6) is -0.228. The standard InChI is InChI=1S/C14H19N3O3S/c18-13-7-6-12(17(19)20)8-10(13)9-15-14(21)16-11-4-2-1-3-5-11/h6-8,11,18H,1-5,9H2,(H2,15,16,21)/p-1. The summed E-state index contributed by atoms with van der Waals surface area (Å²) in [4.78, 5) is 10.2. The van der Waals surface area contributed by atoms with Crippen LogP contribution in [0.4, 0.5) is 5.69 Å². The largest absolute Gasteiger partial charge is 0.872 e. The Labute approximate surface area is 128 Å². The highest BCUT2D eigenvalue weighted by Gasteiger charge is 2.14. The van der Waals surface area contributed by atoms with Crippen molar-refractivity contribution in [2.75, 3.05) is 0 Å². The van der Waals surface area contributed by atoms with Gasteiger partial charge in [0.1, 0.15) is 0 Å². The molecule has 114 valence electrons. The van der Waals surface area contributed by atoms with Crippen molar-refractivity contribution in [2.45, 2.75) is 44.7 Å². The van der Waals surface area contributed by atoms with Crippen LogP contribution >= 0.6 is 12.2 Å². The maximum Gasteiger partial charge on any atom is 0.269 e. The van der Waals surface area contributed by atoms with Gasteiger partial charge in [0.15, 0.2) is 5.11 Å². The molecule has 0 spiro atoms. The lowest BCUT2D eigenvalue weighted by Gasteiger charge is -2.24. The van der Waals surface area contributed by atoms with Gasteiger partial charge in [-0.3, -0.25) is 10.1 Å². The van der Waals surface area contributed by atoms with Crippen LogP contribution in [0.25, 0.3) is 0 Å². The number of hydrogen-bond donors (Lipinski definition) is 2. The van der Waals surface area contributed by atoms with Gasteiger partial charge in [-0.2, -0.15) is 0 Å². The van der Waals surface area contributed by atoms with Gasteiger partial charge in [0.25, 0.3) is 5.69 Å². The molecule has 1 fully saturated rings. The van der Waals surface area contributed by atoms with Crippen molar-refractivity contribution >= 4 is 23.0 Å². The zero-order valence-electron chi connectivity index (χ0n) is 11.6. The minimum Gasteiger partial charge on any atom is -0.872 e. The summed E-state index contributed by atoms with van der Waals surface area (Å²) >= 11 is 5.20. The lowest BCUT2D eigenvalue weighted by atomic mass is 9.96. The van der Waals surface area contributed by atoms with E-state index in [2.05, 4.69) is 10.6 Å². The summed E-state index contributed by atoms with van der Waals surface area (Å²) in [5, 5.41) is 29.1. The molecule has 0 saturated heterocycles. The Balaban J connectivity index is 1.88. The SMILES string of the molecule is O=[N+]([O-])c1ccc([O-])c(CNC(=S)NC2CCCCC2)c1. The summed E-state index contributed by atoms with van der Waals surface area (Å²) in [7, 11) is 0. The number of benzene rings is 1. The van der Waals surface area contributed by atoms with Crippen LogP contribution in [0.1, 0.15) is 37.7 Å². The van der Waals surface area contributed by atoms with E-state index >= 15 is 0 Å². The van der Waals surface area contributed by atoms with E-state index in [-0.39, 0.29) is 18.0 Å². The molecule has 0 unspecified atom stereocenters.